The van der Waals surface area contributed by atoms with E-state index < -0.39 is 8.32 Å². The second-order valence-corrected chi connectivity index (χ2v) is 13.1. The quantitative estimate of drug-likeness (QED) is 0.605. The van der Waals surface area contributed by atoms with Gasteiger partial charge < -0.3 is 4.43 Å². The summed E-state index contributed by atoms with van der Waals surface area (Å²) >= 11 is 0. The maximum atomic E-state index is 6.70. The van der Waals surface area contributed by atoms with Crippen LogP contribution in [-0.4, -0.2) is 13.9 Å². The van der Waals surface area contributed by atoms with Crippen LogP contribution in [0, 0.1) is 11.8 Å². The van der Waals surface area contributed by atoms with Crippen LogP contribution in [0.1, 0.15) is 67.2 Å². The highest BCUT2D eigenvalue weighted by Crippen LogP contribution is 2.44. The second kappa shape index (κ2) is 5.28. The lowest BCUT2D eigenvalue weighted by Gasteiger charge is -2.47. The zero-order chi connectivity index (χ0) is 14.2. The second-order valence-electron chi connectivity index (χ2n) is 8.39. The molecule has 0 unspecified atom stereocenters. The standard InChI is InChI=1S/C16H34OSi/c1-13(2)14-9-11-16(6,12-10-14)17-18(7,8)15(3,4)5/h13-14H,9-12H2,1-8H3. The van der Waals surface area contributed by atoms with Crippen LogP contribution in [-0.2, 0) is 4.43 Å². The van der Waals surface area contributed by atoms with Crippen molar-refractivity contribution in [3.63, 3.8) is 0 Å². The predicted octanol–water partition coefficient (Wildman–Crippen LogP) is 5.61. The molecule has 18 heavy (non-hydrogen) atoms. The largest absolute Gasteiger partial charge is 0.412 e. The summed E-state index contributed by atoms with van der Waals surface area (Å²) in [6.45, 7) is 18.8. The van der Waals surface area contributed by atoms with Crippen molar-refractivity contribution >= 4 is 8.32 Å². The van der Waals surface area contributed by atoms with Gasteiger partial charge in [0, 0.05) is 0 Å². The Bertz CT molecular complexity index is 267. The molecule has 1 nitrogen and oxygen atoms in total. The van der Waals surface area contributed by atoms with Crippen LogP contribution < -0.4 is 0 Å². The molecule has 0 aromatic rings. The number of hydrogen-bond acceptors (Lipinski definition) is 1. The third-order valence-electron chi connectivity index (χ3n) is 5.34. The Balaban J connectivity index is 2.63. The van der Waals surface area contributed by atoms with E-state index in [1.165, 1.54) is 25.7 Å². The van der Waals surface area contributed by atoms with Gasteiger partial charge in [-0.1, -0.05) is 34.6 Å². The van der Waals surface area contributed by atoms with E-state index in [4.69, 9.17) is 4.43 Å². The summed E-state index contributed by atoms with van der Waals surface area (Å²) in [5.74, 6) is 1.75. The van der Waals surface area contributed by atoms with Gasteiger partial charge in [0.15, 0.2) is 8.32 Å². The van der Waals surface area contributed by atoms with Crippen LogP contribution >= 0.6 is 0 Å². The molecule has 1 saturated carbocycles. The molecule has 0 saturated heterocycles. The maximum absolute atomic E-state index is 6.70. The molecule has 0 aromatic carbocycles. The SMILES string of the molecule is CC(C)C1CCC(C)(O[Si](C)(C)C(C)(C)C)CC1. The Morgan fingerprint density at radius 3 is 1.89 bits per heavy atom. The fourth-order valence-electron chi connectivity index (χ4n) is 2.79. The van der Waals surface area contributed by atoms with Crippen molar-refractivity contribution in [2.75, 3.05) is 0 Å². The van der Waals surface area contributed by atoms with Crippen molar-refractivity contribution in [1.82, 2.24) is 0 Å². The van der Waals surface area contributed by atoms with Gasteiger partial charge in [-0.15, -0.1) is 0 Å². The molecule has 1 rings (SSSR count). The lowest BCUT2D eigenvalue weighted by molar-refractivity contribution is 0.0128. The summed E-state index contributed by atoms with van der Waals surface area (Å²) in [6, 6.07) is 0. The fourth-order valence-corrected chi connectivity index (χ4v) is 4.53. The van der Waals surface area contributed by atoms with Crippen molar-refractivity contribution in [1.29, 1.82) is 0 Å². The Labute approximate surface area is 116 Å². The first-order valence-electron chi connectivity index (χ1n) is 7.67. The average Bonchev–Trinajstić information content (AvgIpc) is 2.14. The van der Waals surface area contributed by atoms with E-state index in [1.807, 2.05) is 0 Å². The molecule has 0 amide bonds. The Morgan fingerprint density at radius 2 is 1.56 bits per heavy atom. The molecule has 0 atom stereocenters. The first-order chi connectivity index (χ1) is 7.97. The molecule has 0 radical (unpaired) electrons. The summed E-state index contributed by atoms with van der Waals surface area (Å²) in [4.78, 5) is 0. The highest BCUT2D eigenvalue weighted by atomic mass is 28.4. The molecule has 0 aromatic heterocycles. The van der Waals surface area contributed by atoms with E-state index >= 15 is 0 Å². The molecule has 0 heterocycles. The molecule has 2 heteroatoms. The normalized spacial score (nSPS) is 30.8. The van der Waals surface area contributed by atoms with Crippen molar-refractivity contribution in [2.24, 2.45) is 11.8 Å². The third-order valence-corrected chi connectivity index (χ3v) is 9.95. The number of rotatable bonds is 3. The first kappa shape index (κ1) is 16.2. The van der Waals surface area contributed by atoms with Gasteiger partial charge in [-0.2, -0.15) is 0 Å². The van der Waals surface area contributed by atoms with E-state index in [0.29, 0.717) is 5.04 Å². The molecule has 1 aliphatic rings. The summed E-state index contributed by atoms with van der Waals surface area (Å²) in [6.07, 6.45) is 5.20. The van der Waals surface area contributed by atoms with E-state index in [9.17, 15) is 0 Å². The minimum atomic E-state index is -1.61. The molecular formula is C16H34OSi. The maximum Gasteiger partial charge on any atom is 0.192 e. The first-order valence-corrected chi connectivity index (χ1v) is 10.6. The topological polar surface area (TPSA) is 9.23 Å². The van der Waals surface area contributed by atoms with Crippen molar-refractivity contribution in [3.8, 4) is 0 Å². The minimum Gasteiger partial charge on any atom is -0.412 e. The van der Waals surface area contributed by atoms with Gasteiger partial charge in [0.1, 0.15) is 0 Å². The van der Waals surface area contributed by atoms with Crippen LogP contribution in [0.5, 0.6) is 0 Å². The van der Waals surface area contributed by atoms with E-state index in [-0.39, 0.29) is 5.60 Å². The molecule has 0 spiro atoms. The van der Waals surface area contributed by atoms with Crippen LogP contribution in [0.4, 0.5) is 0 Å². The van der Waals surface area contributed by atoms with Gasteiger partial charge in [0.25, 0.3) is 0 Å². The van der Waals surface area contributed by atoms with Crippen molar-refractivity contribution in [2.45, 2.75) is 91.0 Å². The van der Waals surface area contributed by atoms with Crippen LogP contribution in [0.25, 0.3) is 0 Å². The van der Waals surface area contributed by atoms with Crippen LogP contribution in [0.15, 0.2) is 0 Å². The zero-order valence-electron chi connectivity index (χ0n) is 13.9. The summed E-state index contributed by atoms with van der Waals surface area (Å²) < 4.78 is 6.70. The molecule has 0 N–H and O–H groups in total. The van der Waals surface area contributed by atoms with E-state index in [0.717, 1.165) is 11.8 Å². The lowest BCUT2D eigenvalue weighted by Crippen LogP contribution is -2.50. The smallest absolute Gasteiger partial charge is 0.192 e. The molecular weight excluding hydrogens is 236 g/mol. The summed E-state index contributed by atoms with van der Waals surface area (Å²) in [5.41, 5.74) is 0.147. The third kappa shape index (κ3) is 3.83. The van der Waals surface area contributed by atoms with Gasteiger partial charge in [-0.25, -0.2) is 0 Å². The van der Waals surface area contributed by atoms with E-state index in [2.05, 4.69) is 54.6 Å². The van der Waals surface area contributed by atoms with Gasteiger partial charge >= 0.3 is 0 Å². The minimum absolute atomic E-state index is 0.147. The summed E-state index contributed by atoms with van der Waals surface area (Å²) in [5, 5.41) is 0.324. The van der Waals surface area contributed by atoms with Crippen molar-refractivity contribution < 1.29 is 4.43 Å². The van der Waals surface area contributed by atoms with Crippen LogP contribution in [0.2, 0.25) is 18.1 Å². The monoisotopic (exact) mass is 270 g/mol. The van der Waals surface area contributed by atoms with Crippen molar-refractivity contribution in [3.05, 3.63) is 0 Å². The molecule has 108 valence electrons. The fraction of sp³-hybridized carbons (Fsp3) is 1.00. The Hall–Kier alpha value is 0.177. The Kier molecular flexibility index (Phi) is 4.76. The Morgan fingerprint density at radius 1 is 1.11 bits per heavy atom. The highest BCUT2D eigenvalue weighted by molar-refractivity contribution is 6.74. The number of hydrogen-bond donors (Lipinski definition) is 0. The van der Waals surface area contributed by atoms with E-state index in [1.54, 1.807) is 0 Å². The molecule has 1 aliphatic carbocycles. The van der Waals surface area contributed by atoms with Crippen LogP contribution in [0.3, 0.4) is 0 Å². The van der Waals surface area contributed by atoms with Gasteiger partial charge in [0.05, 0.1) is 5.60 Å². The predicted molar refractivity (Wildman–Crippen MR) is 83.5 cm³/mol. The van der Waals surface area contributed by atoms with Gasteiger partial charge in [-0.05, 0) is 62.6 Å². The van der Waals surface area contributed by atoms with Gasteiger partial charge in [-0.3, -0.25) is 0 Å². The summed E-state index contributed by atoms with van der Waals surface area (Å²) in [7, 11) is -1.61. The zero-order valence-corrected chi connectivity index (χ0v) is 14.9. The highest BCUT2D eigenvalue weighted by Gasteiger charge is 2.44. The molecule has 1 fully saturated rings. The molecule has 0 bridgehead atoms. The van der Waals surface area contributed by atoms with Gasteiger partial charge in [0.2, 0.25) is 0 Å². The molecule has 0 aliphatic heterocycles. The average molecular weight is 271 g/mol. The lowest BCUT2D eigenvalue weighted by atomic mass is 9.75.